The largest absolute Gasteiger partial charge is 0.339 e. The van der Waals surface area contributed by atoms with Gasteiger partial charge in [0.25, 0.3) is 0 Å². The third-order valence-corrected chi connectivity index (χ3v) is 5.24. The third kappa shape index (κ3) is 2.01. The summed E-state index contributed by atoms with van der Waals surface area (Å²) in [7, 11) is 0. The smallest absolute Gasteiger partial charge is 0.231 e. The molecule has 1 aliphatic heterocycles. The molecule has 1 aromatic heterocycles. The predicted octanol–water partition coefficient (Wildman–Crippen LogP) is 2.86. The van der Waals surface area contributed by atoms with Crippen LogP contribution in [0.25, 0.3) is 0 Å². The van der Waals surface area contributed by atoms with Crippen molar-refractivity contribution in [2.75, 3.05) is 13.1 Å². The molecule has 2 aliphatic rings. The molecule has 2 aromatic rings. The second kappa shape index (κ2) is 4.95. The summed E-state index contributed by atoms with van der Waals surface area (Å²) in [5.74, 6) is 2.62. The highest BCUT2D eigenvalue weighted by Crippen LogP contribution is 2.48. The summed E-state index contributed by atoms with van der Waals surface area (Å²) < 4.78 is 5.62. The van der Waals surface area contributed by atoms with E-state index < -0.39 is 0 Å². The zero-order chi connectivity index (χ0) is 14.3. The number of rotatable bonds is 3. The van der Waals surface area contributed by atoms with Crippen LogP contribution in [0.15, 0.2) is 34.9 Å². The molecule has 4 rings (SSSR count). The molecule has 0 bridgehead atoms. The fourth-order valence-corrected chi connectivity index (χ4v) is 3.65. The standard InChI is InChI=1S/C17H21N3O/c1-12-10-18-11-14(12)15-19-16(20-21-15)17(8-5-9-17)13-6-3-2-4-7-13/h2-4,6-7,12,14,18H,5,8-11H2,1H3. The molecule has 0 spiro atoms. The first-order valence-electron chi connectivity index (χ1n) is 7.90. The predicted molar refractivity (Wildman–Crippen MR) is 80.1 cm³/mol. The Morgan fingerprint density at radius 1 is 1.19 bits per heavy atom. The summed E-state index contributed by atoms with van der Waals surface area (Å²) in [6, 6.07) is 10.6. The van der Waals surface area contributed by atoms with E-state index in [1.54, 1.807) is 0 Å². The van der Waals surface area contributed by atoms with Crippen LogP contribution in [0.5, 0.6) is 0 Å². The first kappa shape index (κ1) is 13.0. The topological polar surface area (TPSA) is 51.0 Å². The first-order chi connectivity index (χ1) is 10.3. The summed E-state index contributed by atoms with van der Waals surface area (Å²) in [4.78, 5) is 4.80. The van der Waals surface area contributed by atoms with Gasteiger partial charge in [-0.1, -0.05) is 48.8 Å². The number of aromatic nitrogens is 2. The van der Waals surface area contributed by atoms with Gasteiger partial charge in [0, 0.05) is 6.54 Å². The molecule has 2 unspecified atom stereocenters. The number of nitrogens with zero attached hydrogens (tertiary/aromatic N) is 2. The fourth-order valence-electron chi connectivity index (χ4n) is 3.65. The van der Waals surface area contributed by atoms with E-state index in [-0.39, 0.29) is 5.41 Å². The van der Waals surface area contributed by atoms with Crippen molar-refractivity contribution in [1.29, 1.82) is 0 Å². The number of hydrogen-bond acceptors (Lipinski definition) is 4. The van der Waals surface area contributed by atoms with Crippen LogP contribution in [0.3, 0.4) is 0 Å². The van der Waals surface area contributed by atoms with E-state index in [0.29, 0.717) is 11.8 Å². The lowest BCUT2D eigenvalue weighted by Gasteiger charge is -2.39. The van der Waals surface area contributed by atoms with Crippen LogP contribution >= 0.6 is 0 Å². The van der Waals surface area contributed by atoms with Crippen molar-refractivity contribution in [3.8, 4) is 0 Å². The molecule has 1 aliphatic carbocycles. The lowest BCUT2D eigenvalue weighted by atomic mass is 9.64. The lowest BCUT2D eigenvalue weighted by Crippen LogP contribution is -2.36. The summed E-state index contributed by atoms with van der Waals surface area (Å²) in [6.45, 7) is 4.22. The molecule has 1 saturated heterocycles. The Bertz CT molecular complexity index is 618. The SMILES string of the molecule is CC1CNCC1c1nc(C2(c3ccccc3)CCC2)no1. The average molecular weight is 283 g/mol. The van der Waals surface area contributed by atoms with Crippen LogP contribution in [0.4, 0.5) is 0 Å². The molecule has 110 valence electrons. The normalized spacial score (nSPS) is 27.5. The first-order valence-corrected chi connectivity index (χ1v) is 7.90. The van der Waals surface area contributed by atoms with E-state index >= 15 is 0 Å². The Hall–Kier alpha value is -1.68. The van der Waals surface area contributed by atoms with E-state index in [0.717, 1.165) is 37.6 Å². The molecule has 0 amide bonds. The van der Waals surface area contributed by atoms with Crippen molar-refractivity contribution in [3.05, 3.63) is 47.6 Å². The molecule has 2 heterocycles. The van der Waals surface area contributed by atoms with Gasteiger partial charge >= 0.3 is 0 Å². The highest BCUT2D eigenvalue weighted by molar-refractivity contribution is 5.35. The van der Waals surface area contributed by atoms with Gasteiger partial charge in [0.15, 0.2) is 5.82 Å². The maximum atomic E-state index is 5.62. The van der Waals surface area contributed by atoms with Crippen molar-refractivity contribution in [1.82, 2.24) is 15.5 Å². The summed E-state index contributed by atoms with van der Waals surface area (Å²) in [5, 5.41) is 7.75. The number of benzene rings is 1. The summed E-state index contributed by atoms with van der Waals surface area (Å²) in [5.41, 5.74) is 1.30. The molecule has 21 heavy (non-hydrogen) atoms. The van der Waals surface area contributed by atoms with Crippen molar-refractivity contribution in [3.63, 3.8) is 0 Å². The molecule has 2 fully saturated rings. The minimum atomic E-state index is -0.0156. The van der Waals surface area contributed by atoms with Crippen LogP contribution in [0.1, 0.15) is 49.4 Å². The molecule has 1 aromatic carbocycles. The third-order valence-electron chi connectivity index (χ3n) is 5.24. The van der Waals surface area contributed by atoms with E-state index in [1.165, 1.54) is 12.0 Å². The van der Waals surface area contributed by atoms with Gasteiger partial charge in [-0.2, -0.15) is 4.98 Å². The lowest BCUT2D eigenvalue weighted by molar-refractivity contribution is 0.269. The molecule has 1 N–H and O–H groups in total. The maximum Gasteiger partial charge on any atom is 0.231 e. The van der Waals surface area contributed by atoms with Gasteiger partial charge in [-0.3, -0.25) is 0 Å². The van der Waals surface area contributed by atoms with Gasteiger partial charge in [-0.05, 0) is 30.9 Å². The van der Waals surface area contributed by atoms with E-state index in [4.69, 9.17) is 9.51 Å². The van der Waals surface area contributed by atoms with Crippen LogP contribution < -0.4 is 5.32 Å². The maximum absolute atomic E-state index is 5.62. The Morgan fingerprint density at radius 3 is 2.62 bits per heavy atom. The molecule has 4 heteroatoms. The van der Waals surface area contributed by atoms with Gasteiger partial charge < -0.3 is 9.84 Å². The summed E-state index contributed by atoms with van der Waals surface area (Å²) >= 11 is 0. The Balaban J connectivity index is 1.68. The van der Waals surface area contributed by atoms with Crippen molar-refractivity contribution in [2.45, 2.75) is 37.5 Å². The highest BCUT2D eigenvalue weighted by Gasteiger charge is 2.45. The Morgan fingerprint density at radius 2 is 2.00 bits per heavy atom. The Labute approximate surface area is 124 Å². The van der Waals surface area contributed by atoms with Gasteiger partial charge in [-0.25, -0.2) is 0 Å². The second-order valence-electron chi connectivity index (χ2n) is 6.50. The molecule has 0 radical (unpaired) electrons. The average Bonchev–Trinajstić information content (AvgIpc) is 3.08. The minimum Gasteiger partial charge on any atom is -0.339 e. The molecule has 1 saturated carbocycles. The quantitative estimate of drug-likeness (QED) is 0.941. The molecule has 4 nitrogen and oxygen atoms in total. The van der Waals surface area contributed by atoms with Crippen LogP contribution in [-0.4, -0.2) is 23.2 Å². The van der Waals surface area contributed by atoms with E-state index in [1.807, 2.05) is 0 Å². The number of nitrogens with one attached hydrogen (secondary N) is 1. The fraction of sp³-hybridized carbons (Fsp3) is 0.529. The Kier molecular flexibility index (Phi) is 3.07. The van der Waals surface area contributed by atoms with Gasteiger partial charge in [0.05, 0.1) is 11.3 Å². The highest BCUT2D eigenvalue weighted by atomic mass is 16.5. The van der Waals surface area contributed by atoms with E-state index in [9.17, 15) is 0 Å². The molecule has 2 atom stereocenters. The zero-order valence-corrected chi connectivity index (χ0v) is 12.4. The zero-order valence-electron chi connectivity index (χ0n) is 12.4. The van der Waals surface area contributed by atoms with Crippen molar-refractivity contribution < 1.29 is 4.52 Å². The van der Waals surface area contributed by atoms with Crippen molar-refractivity contribution >= 4 is 0 Å². The van der Waals surface area contributed by atoms with Crippen LogP contribution in [-0.2, 0) is 5.41 Å². The minimum absolute atomic E-state index is 0.0156. The second-order valence-corrected chi connectivity index (χ2v) is 6.50. The number of hydrogen-bond donors (Lipinski definition) is 1. The summed E-state index contributed by atoms with van der Waals surface area (Å²) in [6.07, 6.45) is 3.48. The van der Waals surface area contributed by atoms with Gasteiger partial charge in [0.1, 0.15) is 0 Å². The van der Waals surface area contributed by atoms with Gasteiger partial charge in [0.2, 0.25) is 5.89 Å². The van der Waals surface area contributed by atoms with Crippen LogP contribution in [0.2, 0.25) is 0 Å². The molecular weight excluding hydrogens is 262 g/mol. The van der Waals surface area contributed by atoms with Crippen LogP contribution in [0, 0.1) is 5.92 Å². The van der Waals surface area contributed by atoms with Crippen molar-refractivity contribution in [2.24, 2.45) is 5.92 Å². The molecular formula is C17H21N3O. The van der Waals surface area contributed by atoms with Gasteiger partial charge in [-0.15, -0.1) is 0 Å². The monoisotopic (exact) mass is 283 g/mol. The van der Waals surface area contributed by atoms with E-state index in [2.05, 4.69) is 47.7 Å².